The summed E-state index contributed by atoms with van der Waals surface area (Å²) in [5.41, 5.74) is 1.68. The van der Waals surface area contributed by atoms with Crippen molar-refractivity contribution in [1.29, 1.82) is 0 Å². The maximum atomic E-state index is 3.45. The molecule has 2 heterocycles. The summed E-state index contributed by atoms with van der Waals surface area (Å²) in [5, 5.41) is 3.45. The Morgan fingerprint density at radius 1 is 1.07 bits per heavy atom. The Morgan fingerprint density at radius 3 is 2.79 bits per heavy atom. The molecule has 2 aliphatic heterocycles. The summed E-state index contributed by atoms with van der Waals surface area (Å²) in [7, 11) is 0. The largest absolute Gasteiger partial charge is 0.316 e. The molecule has 14 heavy (non-hydrogen) atoms. The third-order valence-electron chi connectivity index (χ3n) is 3.31. The summed E-state index contributed by atoms with van der Waals surface area (Å²) in [6.07, 6.45) is 9.22. The molecule has 2 saturated heterocycles. The SMILES string of the molecule is C(/CN1CCCC1)=C1/CCCNCC1. The average Bonchev–Trinajstić information content (AvgIpc) is 2.58. The first kappa shape index (κ1) is 10.2. The van der Waals surface area contributed by atoms with Crippen molar-refractivity contribution in [3.63, 3.8) is 0 Å². The molecular formula is C12H22N2. The molecule has 1 N–H and O–H groups in total. The molecule has 0 radical (unpaired) electrons. The molecule has 2 aliphatic rings. The molecule has 0 saturated carbocycles. The molecule has 0 amide bonds. The smallest absolute Gasteiger partial charge is 0.0165 e. The fourth-order valence-corrected chi connectivity index (χ4v) is 2.37. The Bertz CT molecular complexity index is 182. The summed E-state index contributed by atoms with van der Waals surface area (Å²) < 4.78 is 0. The molecule has 0 aromatic carbocycles. The fraction of sp³-hybridized carbons (Fsp3) is 0.833. The molecule has 2 fully saturated rings. The number of nitrogens with one attached hydrogen (secondary N) is 1. The van der Waals surface area contributed by atoms with Gasteiger partial charge in [0.25, 0.3) is 0 Å². The van der Waals surface area contributed by atoms with Crippen molar-refractivity contribution < 1.29 is 0 Å². The second kappa shape index (κ2) is 5.52. The minimum absolute atomic E-state index is 1.19. The van der Waals surface area contributed by atoms with E-state index in [1.807, 2.05) is 0 Å². The molecule has 80 valence electrons. The van der Waals surface area contributed by atoms with Gasteiger partial charge in [0.2, 0.25) is 0 Å². The number of hydrogen-bond acceptors (Lipinski definition) is 2. The van der Waals surface area contributed by atoms with Crippen LogP contribution in [0.3, 0.4) is 0 Å². The number of hydrogen-bond donors (Lipinski definition) is 1. The average molecular weight is 194 g/mol. The van der Waals surface area contributed by atoms with Crippen LogP contribution in [0.15, 0.2) is 11.6 Å². The van der Waals surface area contributed by atoms with E-state index in [0.717, 1.165) is 0 Å². The molecule has 0 unspecified atom stereocenters. The summed E-state index contributed by atoms with van der Waals surface area (Å²) in [6, 6.07) is 0. The number of nitrogens with zero attached hydrogens (tertiary/aromatic N) is 1. The Morgan fingerprint density at radius 2 is 1.93 bits per heavy atom. The number of rotatable bonds is 2. The molecule has 0 spiro atoms. The molecule has 0 aliphatic carbocycles. The van der Waals surface area contributed by atoms with E-state index < -0.39 is 0 Å². The van der Waals surface area contributed by atoms with E-state index in [4.69, 9.17) is 0 Å². The zero-order chi connectivity index (χ0) is 9.64. The highest BCUT2D eigenvalue weighted by Gasteiger charge is 2.10. The Labute approximate surface area is 87.4 Å². The van der Waals surface area contributed by atoms with Crippen LogP contribution in [-0.2, 0) is 0 Å². The lowest BCUT2D eigenvalue weighted by atomic mass is 10.1. The quantitative estimate of drug-likeness (QED) is 0.674. The van der Waals surface area contributed by atoms with Crippen molar-refractivity contribution in [3.05, 3.63) is 11.6 Å². The van der Waals surface area contributed by atoms with Gasteiger partial charge in [-0.2, -0.15) is 0 Å². The van der Waals surface area contributed by atoms with Gasteiger partial charge in [-0.1, -0.05) is 11.6 Å². The molecule has 0 bridgehead atoms. The highest BCUT2D eigenvalue weighted by molar-refractivity contribution is 5.05. The van der Waals surface area contributed by atoms with E-state index in [1.165, 1.54) is 64.8 Å². The van der Waals surface area contributed by atoms with Crippen molar-refractivity contribution in [3.8, 4) is 0 Å². The molecular weight excluding hydrogens is 172 g/mol. The highest BCUT2D eigenvalue weighted by Crippen LogP contribution is 2.13. The predicted molar refractivity (Wildman–Crippen MR) is 60.5 cm³/mol. The van der Waals surface area contributed by atoms with Gasteiger partial charge in [-0.25, -0.2) is 0 Å². The zero-order valence-corrected chi connectivity index (χ0v) is 9.10. The second-order valence-corrected chi connectivity index (χ2v) is 4.47. The van der Waals surface area contributed by atoms with Crippen LogP contribution in [0.4, 0.5) is 0 Å². The van der Waals surface area contributed by atoms with Gasteiger partial charge in [-0.15, -0.1) is 0 Å². The second-order valence-electron chi connectivity index (χ2n) is 4.47. The van der Waals surface area contributed by atoms with Gasteiger partial charge < -0.3 is 5.32 Å². The molecule has 0 atom stereocenters. The van der Waals surface area contributed by atoms with E-state index in [-0.39, 0.29) is 0 Å². The zero-order valence-electron chi connectivity index (χ0n) is 9.10. The topological polar surface area (TPSA) is 15.3 Å². The van der Waals surface area contributed by atoms with Crippen molar-refractivity contribution in [2.24, 2.45) is 0 Å². The Balaban J connectivity index is 1.76. The van der Waals surface area contributed by atoms with Crippen LogP contribution in [0, 0.1) is 0 Å². The minimum Gasteiger partial charge on any atom is -0.316 e. The van der Waals surface area contributed by atoms with Crippen LogP contribution in [0.25, 0.3) is 0 Å². The third-order valence-corrected chi connectivity index (χ3v) is 3.31. The summed E-state index contributed by atoms with van der Waals surface area (Å²) in [6.45, 7) is 6.24. The van der Waals surface area contributed by atoms with Crippen LogP contribution in [0.1, 0.15) is 32.1 Å². The first-order valence-electron chi connectivity index (χ1n) is 6.06. The maximum Gasteiger partial charge on any atom is 0.0165 e. The Kier molecular flexibility index (Phi) is 4.02. The predicted octanol–water partition coefficient (Wildman–Crippen LogP) is 1.78. The van der Waals surface area contributed by atoms with E-state index in [9.17, 15) is 0 Å². The Hall–Kier alpha value is -0.340. The van der Waals surface area contributed by atoms with Gasteiger partial charge in [0.05, 0.1) is 0 Å². The van der Waals surface area contributed by atoms with Gasteiger partial charge in [0.15, 0.2) is 0 Å². The molecule has 2 heteroatoms. The number of likely N-dealkylation sites (tertiary alicyclic amines) is 1. The summed E-state index contributed by atoms with van der Waals surface area (Å²) in [5.74, 6) is 0. The molecule has 0 aromatic rings. The van der Waals surface area contributed by atoms with Crippen molar-refractivity contribution >= 4 is 0 Å². The summed E-state index contributed by atoms with van der Waals surface area (Å²) >= 11 is 0. The first-order chi connectivity index (χ1) is 6.95. The van der Waals surface area contributed by atoms with Gasteiger partial charge >= 0.3 is 0 Å². The lowest BCUT2D eigenvalue weighted by Gasteiger charge is -2.12. The molecule has 0 aromatic heterocycles. The van der Waals surface area contributed by atoms with Gasteiger partial charge in [-0.3, -0.25) is 4.90 Å². The van der Waals surface area contributed by atoms with E-state index in [2.05, 4.69) is 16.3 Å². The maximum absolute atomic E-state index is 3.45. The lowest BCUT2D eigenvalue weighted by Crippen LogP contribution is -2.19. The van der Waals surface area contributed by atoms with Crippen molar-refractivity contribution in [2.45, 2.75) is 32.1 Å². The standard InChI is InChI=1S/C12H22N2/c1-2-10-14(9-1)11-6-12-4-3-7-13-8-5-12/h6,13H,1-5,7-11H2/b12-6+. The van der Waals surface area contributed by atoms with Gasteiger partial charge in [-0.05, 0) is 58.3 Å². The highest BCUT2D eigenvalue weighted by atomic mass is 15.1. The monoisotopic (exact) mass is 194 g/mol. The van der Waals surface area contributed by atoms with Crippen LogP contribution in [0.2, 0.25) is 0 Å². The summed E-state index contributed by atoms with van der Waals surface area (Å²) in [4.78, 5) is 2.57. The van der Waals surface area contributed by atoms with Crippen LogP contribution < -0.4 is 5.32 Å². The van der Waals surface area contributed by atoms with Gasteiger partial charge in [0.1, 0.15) is 0 Å². The normalized spacial score (nSPS) is 28.1. The van der Waals surface area contributed by atoms with E-state index in [0.29, 0.717) is 0 Å². The lowest BCUT2D eigenvalue weighted by molar-refractivity contribution is 0.376. The van der Waals surface area contributed by atoms with Crippen LogP contribution in [-0.4, -0.2) is 37.6 Å². The van der Waals surface area contributed by atoms with Crippen molar-refractivity contribution in [1.82, 2.24) is 10.2 Å². The van der Waals surface area contributed by atoms with Crippen LogP contribution in [0.5, 0.6) is 0 Å². The van der Waals surface area contributed by atoms with Crippen LogP contribution >= 0.6 is 0 Å². The first-order valence-corrected chi connectivity index (χ1v) is 6.06. The van der Waals surface area contributed by atoms with Gasteiger partial charge in [0, 0.05) is 6.54 Å². The fourth-order valence-electron chi connectivity index (χ4n) is 2.37. The third kappa shape index (κ3) is 3.10. The van der Waals surface area contributed by atoms with E-state index >= 15 is 0 Å². The molecule has 2 nitrogen and oxygen atoms in total. The van der Waals surface area contributed by atoms with E-state index in [1.54, 1.807) is 5.57 Å². The van der Waals surface area contributed by atoms with Crippen molar-refractivity contribution in [2.75, 3.05) is 32.7 Å². The minimum atomic E-state index is 1.19. The molecule has 2 rings (SSSR count).